The zero-order valence-corrected chi connectivity index (χ0v) is 14.8. The van der Waals surface area contributed by atoms with E-state index in [1.807, 2.05) is 0 Å². The van der Waals surface area contributed by atoms with Crippen LogP contribution in [0.3, 0.4) is 0 Å². The maximum Gasteiger partial charge on any atom is 0.128 e. The summed E-state index contributed by atoms with van der Waals surface area (Å²) in [5.74, 6) is 4.23. The number of pyridine rings is 1. The average Bonchev–Trinajstić information content (AvgIpc) is 2.60. The summed E-state index contributed by atoms with van der Waals surface area (Å²) in [7, 11) is 0. The Balaban J connectivity index is 1.22. The maximum atomic E-state index is 4.75. The molecular weight excluding hydrogens is 294 g/mol. The van der Waals surface area contributed by atoms with Gasteiger partial charge in [0.15, 0.2) is 0 Å². The summed E-state index contributed by atoms with van der Waals surface area (Å²) in [6.07, 6.45) is 15.0. The van der Waals surface area contributed by atoms with Crippen molar-refractivity contribution in [2.75, 3.05) is 18.0 Å². The van der Waals surface area contributed by atoms with Crippen LogP contribution in [-0.4, -0.2) is 23.6 Å². The third-order valence-corrected chi connectivity index (χ3v) is 7.19. The van der Waals surface area contributed by atoms with Crippen LogP contribution >= 0.6 is 0 Å². The van der Waals surface area contributed by atoms with Crippen LogP contribution in [0.4, 0.5) is 5.82 Å². The third-order valence-electron chi connectivity index (χ3n) is 7.19. The molecule has 4 saturated carbocycles. The van der Waals surface area contributed by atoms with E-state index in [4.69, 9.17) is 4.98 Å². The average molecular weight is 326 g/mol. The van der Waals surface area contributed by atoms with Gasteiger partial charge in [0.05, 0.1) is 0 Å². The standard InChI is InChI=1S/C21H31N3/c1-2-6-24(7-3-1)20-5-4-16(14-22-20)15-23-21-11-17-8-18(12-21)10-19(9-17)13-21/h4-5,14,17-19,23H,1-3,6-13,15H2. The first kappa shape index (κ1) is 15.2. The summed E-state index contributed by atoms with van der Waals surface area (Å²) < 4.78 is 0. The van der Waals surface area contributed by atoms with Crippen molar-refractivity contribution >= 4 is 5.82 Å². The van der Waals surface area contributed by atoms with E-state index in [0.29, 0.717) is 5.54 Å². The first-order valence-corrected chi connectivity index (χ1v) is 10.2. The quantitative estimate of drug-likeness (QED) is 0.902. The van der Waals surface area contributed by atoms with Crippen LogP contribution in [-0.2, 0) is 6.54 Å². The fourth-order valence-electron chi connectivity index (χ4n) is 6.45. The Morgan fingerprint density at radius 2 is 1.62 bits per heavy atom. The van der Waals surface area contributed by atoms with Crippen LogP contribution in [0.15, 0.2) is 18.3 Å². The molecule has 3 heteroatoms. The van der Waals surface area contributed by atoms with E-state index in [1.54, 1.807) is 0 Å². The van der Waals surface area contributed by atoms with Gasteiger partial charge in [-0.3, -0.25) is 0 Å². The van der Waals surface area contributed by atoms with Crippen molar-refractivity contribution in [3.8, 4) is 0 Å². The summed E-state index contributed by atoms with van der Waals surface area (Å²) in [4.78, 5) is 7.20. The highest BCUT2D eigenvalue weighted by molar-refractivity contribution is 5.39. The molecule has 0 aromatic carbocycles. The molecule has 0 spiro atoms. The number of hydrogen-bond donors (Lipinski definition) is 1. The molecule has 0 unspecified atom stereocenters. The molecule has 4 bridgehead atoms. The SMILES string of the molecule is c1cc(N2CCCCC2)ncc1CNC12CC3CC(CC(C3)C1)C2. The Labute approximate surface area is 146 Å². The molecule has 130 valence electrons. The molecule has 6 rings (SSSR count). The Morgan fingerprint density at radius 1 is 0.958 bits per heavy atom. The van der Waals surface area contributed by atoms with Gasteiger partial charge in [-0.25, -0.2) is 4.98 Å². The predicted octanol–water partition coefficient (Wildman–Crippen LogP) is 4.13. The largest absolute Gasteiger partial charge is 0.357 e. The second-order valence-electron chi connectivity index (χ2n) is 9.12. The molecule has 1 aromatic rings. The summed E-state index contributed by atoms with van der Waals surface area (Å²) in [5, 5.41) is 3.99. The lowest BCUT2D eigenvalue weighted by Gasteiger charge is -2.57. The number of nitrogens with zero attached hydrogens (tertiary/aromatic N) is 2. The number of piperidine rings is 1. The van der Waals surface area contributed by atoms with Gasteiger partial charge >= 0.3 is 0 Å². The van der Waals surface area contributed by atoms with Crippen LogP contribution in [0, 0.1) is 17.8 Å². The molecule has 5 fully saturated rings. The van der Waals surface area contributed by atoms with Crippen LogP contribution in [0.5, 0.6) is 0 Å². The van der Waals surface area contributed by atoms with E-state index < -0.39 is 0 Å². The summed E-state index contributed by atoms with van der Waals surface area (Å²) >= 11 is 0. The predicted molar refractivity (Wildman–Crippen MR) is 98.0 cm³/mol. The van der Waals surface area contributed by atoms with Gasteiger partial charge in [-0.1, -0.05) is 6.07 Å². The Kier molecular flexibility index (Phi) is 3.81. The molecule has 2 heterocycles. The summed E-state index contributed by atoms with van der Waals surface area (Å²) in [6, 6.07) is 4.53. The van der Waals surface area contributed by atoms with Gasteiger partial charge < -0.3 is 10.2 Å². The number of anilines is 1. The summed E-state index contributed by atoms with van der Waals surface area (Å²) in [6.45, 7) is 3.36. The molecule has 4 aliphatic carbocycles. The number of rotatable bonds is 4. The Hall–Kier alpha value is -1.09. The molecule has 1 aliphatic heterocycles. The molecule has 0 radical (unpaired) electrons. The van der Waals surface area contributed by atoms with Crippen LogP contribution in [0.25, 0.3) is 0 Å². The lowest BCUT2D eigenvalue weighted by atomic mass is 9.53. The molecule has 1 N–H and O–H groups in total. The zero-order valence-electron chi connectivity index (χ0n) is 14.8. The maximum absolute atomic E-state index is 4.75. The normalized spacial score (nSPS) is 37.8. The topological polar surface area (TPSA) is 28.2 Å². The van der Waals surface area contributed by atoms with Crippen LogP contribution in [0.2, 0.25) is 0 Å². The fraction of sp³-hybridized carbons (Fsp3) is 0.762. The molecule has 1 saturated heterocycles. The van der Waals surface area contributed by atoms with Gasteiger partial charge in [0, 0.05) is 31.4 Å². The fourth-order valence-corrected chi connectivity index (χ4v) is 6.45. The number of aromatic nitrogens is 1. The van der Waals surface area contributed by atoms with E-state index in [-0.39, 0.29) is 0 Å². The van der Waals surface area contributed by atoms with Gasteiger partial charge in [0.2, 0.25) is 0 Å². The van der Waals surface area contributed by atoms with Crippen molar-refractivity contribution in [1.82, 2.24) is 10.3 Å². The highest BCUT2D eigenvalue weighted by Crippen LogP contribution is 2.55. The highest BCUT2D eigenvalue weighted by atomic mass is 15.2. The minimum atomic E-state index is 0.459. The van der Waals surface area contributed by atoms with E-state index in [9.17, 15) is 0 Å². The van der Waals surface area contributed by atoms with E-state index in [2.05, 4.69) is 28.5 Å². The number of hydrogen-bond acceptors (Lipinski definition) is 3. The first-order chi connectivity index (χ1) is 11.8. The van der Waals surface area contributed by atoms with Gasteiger partial charge in [0.1, 0.15) is 5.82 Å². The highest BCUT2D eigenvalue weighted by Gasteiger charge is 2.50. The van der Waals surface area contributed by atoms with E-state index >= 15 is 0 Å². The first-order valence-electron chi connectivity index (χ1n) is 10.2. The molecule has 5 aliphatic rings. The molecule has 0 atom stereocenters. The van der Waals surface area contributed by atoms with Crippen molar-refractivity contribution in [3.05, 3.63) is 23.9 Å². The van der Waals surface area contributed by atoms with Crippen molar-refractivity contribution in [1.29, 1.82) is 0 Å². The van der Waals surface area contributed by atoms with Gasteiger partial charge in [0.25, 0.3) is 0 Å². The van der Waals surface area contributed by atoms with Crippen molar-refractivity contribution < 1.29 is 0 Å². The molecule has 1 aromatic heterocycles. The lowest BCUT2D eigenvalue weighted by Crippen LogP contribution is -2.58. The van der Waals surface area contributed by atoms with E-state index in [1.165, 1.54) is 82.3 Å². The Morgan fingerprint density at radius 3 is 2.21 bits per heavy atom. The van der Waals surface area contributed by atoms with Gasteiger partial charge in [-0.05, 0) is 87.2 Å². The zero-order chi connectivity index (χ0) is 16.0. The monoisotopic (exact) mass is 325 g/mol. The molecule has 24 heavy (non-hydrogen) atoms. The molecule has 3 nitrogen and oxygen atoms in total. The minimum absolute atomic E-state index is 0.459. The van der Waals surface area contributed by atoms with Crippen molar-refractivity contribution in [2.24, 2.45) is 17.8 Å². The second-order valence-corrected chi connectivity index (χ2v) is 9.12. The molecular formula is C21H31N3. The Bertz CT molecular complexity index is 538. The summed E-state index contributed by atoms with van der Waals surface area (Å²) in [5.41, 5.74) is 1.81. The van der Waals surface area contributed by atoms with E-state index in [0.717, 1.165) is 24.3 Å². The smallest absolute Gasteiger partial charge is 0.128 e. The molecule has 0 amide bonds. The lowest BCUT2D eigenvalue weighted by molar-refractivity contribution is -0.0206. The van der Waals surface area contributed by atoms with Crippen LogP contribution < -0.4 is 10.2 Å². The number of nitrogens with one attached hydrogen (secondary N) is 1. The van der Waals surface area contributed by atoms with Gasteiger partial charge in [-0.15, -0.1) is 0 Å². The van der Waals surface area contributed by atoms with Crippen molar-refractivity contribution in [2.45, 2.75) is 69.9 Å². The third kappa shape index (κ3) is 2.85. The van der Waals surface area contributed by atoms with Crippen molar-refractivity contribution in [3.63, 3.8) is 0 Å². The second kappa shape index (κ2) is 6.01. The minimum Gasteiger partial charge on any atom is -0.357 e. The van der Waals surface area contributed by atoms with Gasteiger partial charge in [-0.2, -0.15) is 0 Å². The van der Waals surface area contributed by atoms with Crippen LogP contribution in [0.1, 0.15) is 63.4 Å².